The maximum Gasteiger partial charge on any atom is 0.293 e. The Balaban J connectivity index is 2.05. The van der Waals surface area contributed by atoms with Gasteiger partial charge in [-0.25, -0.2) is 23.2 Å². The molecule has 10 nitrogen and oxygen atoms in total. The number of aromatic nitrogens is 2. The number of piperidine rings is 1. The van der Waals surface area contributed by atoms with E-state index in [4.69, 9.17) is 9.94 Å². The van der Waals surface area contributed by atoms with Crippen LogP contribution in [0, 0.1) is 0 Å². The zero-order chi connectivity index (χ0) is 18.2. The van der Waals surface area contributed by atoms with E-state index in [1.165, 1.54) is 14.4 Å². The van der Waals surface area contributed by atoms with E-state index in [0.29, 0.717) is 38.4 Å². The van der Waals surface area contributed by atoms with Gasteiger partial charge in [-0.1, -0.05) is 0 Å². The molecule has 0 atom stereocenters. The molecule has 0 saturated carbocycles. The van der Waals surface area contributed by atoms with Gasteiger partial charge in [0.2, 0.25) is 10.0 Å². The Bertz CT molecular complexity index is 841. The number of hydrogen-bond donors (Lipinski definition) is 2. The van der Waals surface area contributed by atoms with Gasteiger partial charge >= 0.3 is 0 Å². The van der Waals surface area contributed by atoms with Crippen molar-refractivity contribution >= 4 is 15.9 Å². The highest BCUT2D eigenvalue weighted by Crippen LogP contribution is 2.36. The molecule has 2 N–H and O–H groups in total. The third-order valence-electron chi connectivity index (χ3n) is 4.80. The molecule has 138 valence electrons. The summed E-state index contributed by atoms with van der Waals surface area (Å²) in [5, 5.41) is 8.82. The third-order valence-corrected chi connectivity index (χ3v) is 6.11. The molecule has 11 heteroatoms. The predicted molar refractivity (Wildman–Crippen MR) is 85.9 cm³/mol. The Morgan fingerprint density at radius 3 is 2.64 bits per heavy atom. The summed E-state index contributed by atoms with van der Waals surface area (Å²) >= 11 is 0. The van der Waals surface area contributed by atoms with Crippen molar-refractivity contribution < 1.29 is 23.2 Å². The highest BCUT2D eigenvalue weighted by Gasteiger charge is 2.43. The number of nitrogens with one attached hydrogen (secondary N) is 1. The monoisotopic (exact) mass is 372 g/mol. The molecule has 1 spiro atoms. The zero-order valence-corrected chi connectivity index (χ0v) is 14.6. The van der Waals surface area contributed by atoms with E-state index in [1.807, 2.05) is 0 Å². The fourth-order valence-corrected chi connectivity index (χ4v) is 4.25. The lowest BCUT2D eigenvalue weighted by Crippen LogP contribution is -2.49. The van der Waals surface area contributed by atoms with Crippen LogP contribution in [-0.2, 0) is 26.7 Å². The molecule has 3 rings (SSSR count). The van der Waals surface area contributed by atoms with Gasteiger partial charge in [-0.3, -0.25) is 19.4 Å². The van der Waals surface area contributed by atoms with Crippen LogP contribution in [0.3, 0.4) is 0 Å². The summed E-state index contributed by atoms with van der Waals surface area (Å²) in [4.78, 5) is 28.4. The van der Waals surface area contributed by atoms with Crippen molar-refractivity contribution in [3.8, 4) is 0 Å². The van der Waals surface area contributed by atoms with Crippen molar-refractivity contribution in [3.05, 3.63) is 27.9 Å². The molecule has 1 amide bonds. The summed E-state index contributed by atoms with van der Waals surface area (Å²) in [7, 11) is -3.30. The van der Waals surface area contributed by atoms with Crippen LogP contribution < -0.4 is 11.0 Å². The molecular formula is C14H20N4O6S. The Hall–Kier alpha value is -1.82. The average molecular weight is 372 g/mol. The van der Waals surface area contributed by atoms with Gasteiger partial charge in [0.15, 0.2) is 0 Å². The molecular weight excluding hydrogens is 352 g/mol. The standard InChI is InChI=1S/C14H20N4O6S/c1-25(22,23)17-4-2-14(3-5-17)9-24-7-6-18-11(19)8-10(12(20)16-21)15-13(14)18/h8,21H,2-7,9H2,1H3,(H,16,20). The number of sulfonamides is 1. The number of amides is 1. The number of hydroxylamine groups is 1. The molecule has 0 aromatic carbocycles. The van der Waals surface area contributed by atoms with Gasteiger partial charge in [-0.2, -0.15) is 0 Å². The molecule has 1 saturated heterocycles. The second kappa shape index (κ2) is 6.48. The van der Waals surface area contributed by atoms with Gasteiger partial charge in [0.25, 0.3) is 11.5 Å². The molecule has 25 heavy (non-hydrogen) atoms. The predicted octanol–water partition coefficient (Wildman–Crippen LogP) is -1.31. The van der Waals surface area contributed by atoms with Crippen LogP contribution in [0.15, 0.2) is 10.9 Å². The van der Waals surface area contributed by atoms with E-state index in [2.05, 4.69) is 4.98 Å². The molecule has 0 bridgehead atoms. The van der Waals surface area contributed by atoms with Gasteiger partial charge in [-0.15, -0.1) is 0 Å². The van der Waals surface area contributed by atoms with E-state index in [1.54, 1.807) is 0 Å². The second-order valence-corrected chi connectivity index (χ2v) is 8.37. The minimum absolute atomic E-state index is 0.175. The highest BCUT2D eigenvalue weighted by atomic mass is 32.2. The molecule has 2 aliphatic heterocycles. The highest BCUT2D eigenvalue weighted by molar-refractivity contribution is 7.88. The second-order valence-electron chi connectivity index (χ2n) is 6.39. The van der Waals surface area contributed by atoms with Crippen LogP contribution in [0.1, 0.15) is 29.2 Å². The smallest absolute Gasteiger partial charge is 0.293 e. The molecule has 0 radical (unpaired) electrons. The van der Waals surface area contributed by atoms with Crippen LogP contribution in [0.25, 0.3) is 0 Å². The molecule has 3 heterocycles. The first-order valence-corrected chi connectivity index (χ1v) is 9.71. The number of rotatable bonds is 2. The normalized spacial score (nSPS) is 20.7. The summed E-state index contributed by atoms with van der Waals surface area (Å²) in [5.74, 6) is -0.460. The lowest BCUT2D eigenvalue weighted by molar-refractivity contribution is 0.0649. The SMILES string of the molecule is CS(=O)(=O)N1CCC2(CC1)COCCn1c2nc(C(=O)NO)cc1=O. The molecule has 1 fully saturated rings. The Morgan fingerprint density at radius 1 is 1.36 bits per heavy atom. The van der Waals surface area contributed by atoms with Gasteiger partial charge in [-0.05, 0) is 12.8 Å². The summed E-state index contributed by atoms with van der Waals surface area (Å²) in [5.41, 5.74) is 0.252. The topological polar surface area (TPSA) is 131 Å². The number of carbonyl (C=O) groups is 1. The van der Waals surface area contributed by atoms with Gasteiger partial charge in [0, 0.05) is 19.2 Å². The van der Waals surface area contributed by atoms with Gasteiger partial charge < -0.3 is 4.74 Å². The summed E-state index contributed by atoms with van der Waals surface area (Å²) in [6.45, 7) is 1.50. The van der Waals surface area contributed by atoms with E-state index >= 15 is 0 Å². The summed E-state index contributed by atoms with van der Waals surface area (Å²) in [6.07, 6.45) is 2.02. The van der Waals surface area contributed by atoms with Crippen molar-refractivity contribution in [2.75, 3.05) is 32.6 Å². The maximum absolute atomic E-state index is 12.4. The number of nitrogens with zero attached hydrogens (tertiary/aromatic N) is 3. The first-order chi connectivity index (χ1) is 11.8. The fourth-order valence-electron chi connectivity index (χ4n) is 3.40. The Morgan fingerprint density at radius 2 is 2.04 bits per heavy atom. The lowest BCUT2D eigenvalue weighted by Gasteiger charge is -2.39. The first-order valence-electron chi connectivity index (χ1n) is 7.86. The molecule has 2 aliphatic rings. The van der Waals surface area contributed by atoms with E-state index in [0.717, 1.165) is 12.3 Å². The number of ether oxygens (including phenoxy) is 1. The van der Waals surface area contributed by atoms with Crippen LogP contribution in [0.5, 0.6) is 0 Å². The molecule has 1 aromatic heterocycles. The van der Waals surface area contributed by atoms with Gasteiger partial charge in [0.05, 0.1) is 31.4 Å². The first kappa shape index (κ1) is 18.0. The molecule has 0 unspecified atom stereocenters. The van der Waals surface area contributed by atoms with E-state index in [-0.39, 0.29) is 18.8 Å². The fraction of sp³-hybridized carbons (Fsp3) is 0.643. The van der Waals surface area contributed by atoms with Crippen LogP contribution in [0.4, 0.5) is 0 Å². The van der Waals surface area contributed by atoms with E-state index < -0.39 is 26.9 Å². The van der Waals surface area contributed by atoms with E-state index in [9.17, 15) is 18.0 Å². The van der Waals surface area contributed by atoms with Crippen molar-refractivity contribution in [1.29, 1.82) is 0 Å². The van der Waals surface area contributed by atoms with Crippen LogP contribution >= 0.6 is 0 Å². The largest absolute Gasteiger partial charge is 0.379 e. The van der Waals surface area contributed by atoms with Gasteiger partial charge in [0.1, 0.15) is 11.5 Å². The quantitative estimate of drug-likeness (QED) is 0.486. The summed E-state index contributed by atoms with van der Waals surface area (Å²) < 4.78 is 32.0. The van der Waals surface area contributed by atoms with Crippen molar-refractivity contribution in [1.82, 2.24) is 19.3 Å². The average Bonchev–Trinajstić information content (AvgIpc) is 2.74. The van der Waals surface area contributed by atoms with Crippen LogP contribution in [0.2, 0.25) is 0 Å². The minimum Gasteiger partial charge on any atom is -0.379 e. The lowest BCUT2D eigenvalue weighted by atomic mass is 9.78. The van der Waals surface area contributed by atoms with Crippen molar-refractivity contribution in [2.45, 2.75) is 24.8 Å². The number of carbonyl (C=O) groups excluding carboxylic acids is 1. The third kappa shape index (κ3) is 3.32. The Labute approximate surface area is 144 Å². The van der Waals surface area contributed by atoms with Crippen molar-refractivity contribution in [3.63, 3.8) is 0 Å². The minimum atomic E-state index is -3.30. The van der Waals surface area contributed by atoms with Crippen molar-refractivity contribution in [2.24, 2.45) is 0 Å². The van der Waals surface area contributed by atoms with Crippen LogP contribution in [-0.4, -0.2) is 65.9 Å². The molecule has 1 aromatic rings. The zero-order valence-electron chi connectivity index (χ0n) is 13.8. The maximum atomic E-state index is 12.4. The number of hydrogen-bond acceptors (Lipinski definition) is 7. The number of fused-ring (bicyclic) bond motifs is 2. The summed E-state index contributed by atoms with van der Waals surface area (Å²) in [6, 6.07) is 1.07. The molecule has 0 aliphatic carbocycles. The Kier molecular flexibility index (Phi) is 4.66.